The first-order chi connectivity index (χ1) is 13.0. The Labute approximate surface area is 164 Å². The van der Waals surface area contributed by atoms with Crippen molar-refractivity contribution >= 4 is 35.0 Å². The number of hydrogen-bond acceptors (Lipinski definition) is 4. The van der Waals surface area contributed by atoms with E-state index in [1.54, 1.807) is 6.08 Å². The average Bonchev–Trinajstić information content (AvgIpc) is 2.91. The van der Waals surface area contributed by atoms with Gasteiger partial charge in [-0.1, -0.05) is 12.1 Å². The minimum Gasteiger partial charge on any atom is -0.494 e. The minimum absolute atomic E-state index is 0.118. The maximum Gasteiger partial charge on any atom is 0.281 e. The number of anilines is 1. The standard InChI is InChI=1S/C21H22N2O3S/c1-4-25-17-11-7-16(8-12-17)23-20(24)19(22-21(23)27)13-15-5-9-18(10-6-15)26-14(2)3/h5-14H,4H2,1-3H3,(H,22,27). The number of nitrogens with zero attached hydrogens (tertiary/aromatic N) is 1. The summed E-state index contributed by atoms with van der Waals surface area (Å²) in [6.45, 7) is 6.48. The highest BCUT2D eigenvalue weighted by molar-refractivity contribution is 7.80. The molecule has 27 heavy (non-hydrogen) atoms. The maximum absolute atomic E-state index is 12.8. The second-order valence-electron chi connectivity index (χ2n) is 6.29. The monoisotopic (exact) mass is 382 g/mol. The Balaban J connectivity index is 1.77. The number of thiocarbonyl (C=S) groups is 1. The Hall–Kier alpha value is -2.86. The SMILES string of the molecule is CCOc1ccc(N2C(=O)C(=Cc3ccc(OC(C)C)cc3)NC2=S)cc1. The van der Waals surface area contributed by atoms with Crippen molar-refractivity contribution in [1.29, 1.82) is 0 Å². The third-order valence-corrected chi connectivity index (χ3v) is 4.13. The molecule has 0 saturated carbocycles. The van der Waals surface area contributed by atoms with Crippen LogP contribution in [-0.4, -0.2) is 23.7 Å². The van der Waals surface area contributed by atoms with Crippen LogP contribution in [0.25, 0.3) is 6.08 Å². The lowest BCUT2D eigenvalue weighted by Crippen LogP contribution is -2.30. The molecule has 2 aromatic carbocycles. The largest absolute Gasteiger partial charge is 0.494 e. The third-order valence-electron chi connectivity index (χ3n) is 3.85. The van der Waals surface area contributed by atoms with Crippen LogP contribution in [0.15, 0.2) is 54.2 Å². The zero-order valence-electron chi connectivity index (χ0n) is 15.6. The van der Waals surface area contributed by atoms with Crippen molar-refractivity contribution in [1.82, 2.24) is 5.32 Å². The molecule has 1 N–H and O–H groups in total. The van der Waals surface area contributed by atoms with Crippen LogP contribution in [0.4, 0.5) is 5.69 Å². The Bertz CT molecular complexity index is 858. The van der Waals surface area contributed by atoms with Crippen LogP contribution in [0.5, 0.6) is 11.5 Å². The van der Waals surface area contributed by atoms with Crippen LogP contribution in [0.3, 0.4) is 0 Å². The Morgan fingerprint density at radius 1 is 1.07 bits per heavy atom. The van der Waals surface area contributed by atoms with E-state index >= 15 is 0 Å². The predicted octanol–water partition coefficient (Wildman–Crippen LogP) is 4.13. The quantitative estimate of drug-likeness (QED) is 0.601. The molecule has 6 heteroatoms. The first-order valence-electron chi connectivity index (χ1n) is 8.84. The number of rotatable bonds is 6. The minimum atomic E-state index is -0.188. The van der Waals surface area contributed by atoms with Gasteiger partial charge in [0.05, 0.1) is 18.4 Å². The lowest BCUT2D eigenvalue weighted by atomic mass is 10.2. The number of carbonyl (C=O) groups excluding carboxylic acids is 1. The van der Waals surface area contributed by atoms with Gasteiger partial charge in [0, 0.05) is 0 Å². The summed E-state index contributed by atoms with van der Waals surface area (Å²) in [4.78, 5) is 14.3. The number of hydrogen-bond donors (Lipinski definition) is 1. The highest BCUT2D eigenvalue weighted by Crippen LogP contribution is 2.25. The van der Waals surface area contributed by atoms with Crippen molar-refractivity contribution in [2.75, 3.05) is 11.5 Å². The smallest absolute Gasteiger partial charge is 0.281 e. The van der Waals surface area contributed by atoms with Gasteiger partial charge in [-0.15, -0.1) is 0 Å². The van der Waals surface area contributed by atoms with Crippen molar-refractivity contribution in [3.63, 3.8) is 0 Å². The van der Waals surface area contributed by atoms with Gasteiger partial charge in [0.2, 0.25) is 0 Å². The molecule has 1 saturated heterocycles. The number of amides is 1. The third kappa shape index (κ3) is 4.46. The molecule has 0 atom stereocenters. The summed E-state index contributed by atoms with van der Waals surface area (Å²) in [5.41, 5.74) is 2.02. The van der Waals surface area contributed by atoms with E-state index in [0.717, 1.165) is 17.1 Å². The van der Waals surface area contributed by atoms with Crippen molar-refractivity contribution in [3.8, 4) is 11.5 Å². The highest BCUT2D eigenvalue weighted by atomic mass is 32.1. The van der Waals surface area contributed by atoms with Gasteiger partial charge in [0.15, 0.2) is 5.11 Å². The molecule has 1 amide bonds. The van der Waals surface area contributed by atoms with E-state index < -0.39 is 0 Å². The first kappa shape index (κ1) is 18.9. The molecule has 0 radical (unpaired) electrons. The van der Waals surface area contributed by atoms with Gasteiger partial charge >= 0.3 is 0 Å². The predicted molar refractivity (Wildman–Crippen MR) is 111 cm³/mol. The van der Waals surface area contributed by atoms with Crippen molar-refractivity contribution < 1.29 is 14.3 Å². The summed E-state index contributed by atoms with van der Waals surface area (Å²) in [6, 6.07) is 14.9. The van der Waals surface area contributed by atoms with Crippen LogP contribution in [0, 0.1) is 0 Å². The molecule has 1 aliphatic heterocycles. The fourth-order valence-corrected chi connectivity index (χ4v) is 3.01. The molecule has 140 valence electrons. The van der Waals surface area contributed by atoms with Crippen LogP contribution in [0.1, 0.15) is 26.3 Å². The molecule has 1 heterocycles. The van der Waals surface area contributed by atoms with E-state index in [0.29, 0.717) is 23.1 Å². The van der Waals surface area contributed by atoms with Gasteiger partial charge in [0.1, 0.15) is 17.2 Å². The number of carbonyl (C=O) groups is 1. The summed E-state index contributed by atoms with van der Waals surface area (Å²) in [5.74, 6) is 1.36. The Morgan fingerprint density at radius 2 is 1.70 bits per heavy atom. The van der Waals surface area contributed by atoms with Gasteiger partial charge in [-0.2, -0.15) is 0 Å². The van der Waals surface area contributed by atoms with E-state index in [-0.39, 0.29) is 12.0 Å². The van der Waals surface area contributed by atoms with Crippen LogP contribution in [0.2, 0.25) is 0 Å². The molecule has 1 fully saturated rings. The average molecular weight is 382 g/mol. The van der Waals surface area contributed by atoms with Gasteiger partial charge in [-0.05, 0) is 81.0 Å². The Kier molecular flexibility index (Phi) is 5.76. The van der Waals surface area contributed by atoms with Gasteiger partial charge in [0.25, 0.3) is 5.91 Å². The fraction of sp³-hybridized carbons (Fsp3) is 0.238. The highest BCUT2D eigenvalue weighted by Gasteiger charge is 2.31. The zero-order valence-corrected chi connectivity index (χ0v) is 16.4. The van der Waals surface area contributed by atoms with Gasteiger partial charge in [-0.3, -0.25) is 9.69 Å². The summed E-state index contributed by atoms with van der Waals surface area (Å²) in [7, 11) is 0. The second-order valence-corrected chi connectivity index (χ2v) is 6.68. The molecule has 1 aliphatic rings. The summed E-state index contributed by atoms with van der Waals surface area (Å²) in [6.07, 6.45) is 1.90. The zero-order chi connectivity index (χ0) is 19.4. The number of ether oxygens (including phenoxy) is 2. The van der Waals surface area contributed by atoms with Crippen LogP contribution < -0.4 is 19.7 Å². The molecular formula is C21H22N2O3S. The van der Waals surface area contributed by atoms with Crippen LogP contribution >= 0.6 is 12.2 Å². The molecular weight excluding hydrogens is 360 g/mol. The van der Waals surface area contributed by atoms with Crippen LogP contribution in [-0.2, 0) is 4.79 Å². The molecule has 0 bridgehead atoms. The van der Waals surface area contributed by atoms with Crippen molar-refractivity contribution in [2.24, 2.45) is 0 Å². The van der Waals surface area contributed by atoms with E-state index in [9.17, 15) is 4.79 Å². The number of nitrogens with one attached hydrogen (secondary N) is 1. The molecule has 3 rings (SSSR count). The van der Waals surface area contributed by atoms with Crippen molar-refractivity contribution in [3.05, 3.63) is 59.8 Å². The lowest BCUT2D eigenvalue weighted by molar-refractivity contribution is -0.113. The molecule has 2 aromatic rings. The number of benzene rings is 2. The summed E-state index contributed by atoms with van der Waals surface area (Å²) in [5, 5.41) is 3.35. The Morgan fingerprint density at radius 3 is 2.30 bits per heavy atom. The maximum atomic E-state index is 12.8. The summed E-state index contributed by atoms with van der Waals surface area (Å²) < 4.78 is 11.1. The lowest BCUT2D eigenvalue weighted by Gasteiger charge is -2.14. The molecule has 0 spiro atoms. The second kappa shape index (κ2) is 8.22. The molecule has 0 aromatic heterocycles. The topological polar surface area (TPSA) is 50.8 Å². The molecule has 0 unspecified atom stereocenters. The molecule has 0 aliphatic carbocycles. The van der Waals surface area contributed by atoms with Crippen molar-refractivity contribution in [2.45, 2.75) is 26.9 Å². The molecule has 5 nitrogen and oxygen atoms in total. The first-order valence-corrected chi connectivity index (χ1v) is 9.25. The fourth-order valence-electron chi connectivity index (χ4n) is 2.71. The van der Waals surface area contributed by atoms with Gasteiger partial charge < -0.3 is 14.8 Å². The van der Waals surface area contributed by atoms with Gasteiger partial charge in [-0.25, -0.2) is 0 Å². The normalized spacial score (nSPS) is 15.4. The van der Waals surface area contributed by atoms with E-state index in [4.69, 9.17) is 21.7 Å². The van der Waals surface area contributed by atoms with E-state index in [1.165, 1.54) is 4.90 Å². The van der Waals surface area contributed by atoms with E-state index in [2.05, 4.69) is 5.32 Å². The summed E-state index contributed by atoms with van der Waals surface area (Å²) >= 11 is 5.35. The van der Waals surface area contributed by atoms with E-state index in [1.807, 2.05) is 69.3 Å².